The maximum Gasteiger partial charge on any atom is 0.184 e. The van der Waals surface area contributed by atoms with Gasteiger partial charge in [0.25, 0.3) is 0 Å². The number of rotatable bonds is 6. The summed E-state index contributed by atoms with van der Waals surface area (Å²) < 4.78 is 7.22. The molecule has 0 aromatic rings. The van der Waals surface area contributed by atoms with E-state index in [-0.39, 0.29) is 5.41 Å². The van der Waals surface area contributed by atoms with E-state index in [1.807, 2.05) is 0 Å². The van der Waals surface area contributed by atoms with Crippen molar-refractivity contribution >= 4 is 38.9 Å². The first-order chi connectivity index (χ1) is 10.5. The SMILES string of the molecule is CC(C)(C)C(=C=C[Si](O[Si](C)(C)C)([Si](C)(C)C)[Si](C)(C)C)[Si](C)(C)C. The fourth-order valence-corrected chi connectivity index (χ4v) is 58.1. The molecule has 148 valence electrons. The van der Waals surface area contributed by atoms with Crippen LogP contribution in [-0.4, -0.2) is 38.9 Å². The Morgan fingerprint density at radius 3 is 1.28 bits per heavy atom. The minimum Gasteiger partial charge on any atom is -0.456 e. The third-order valence-corrected chi connectivity index (χ3v) is 45.3. The fourth-order valence-electron chi connectivity index (χ4n) is 4.11. The van der Waals surface area contributed by atoms with Crippen molar-refractivity contribution in [3.8, 4) is 0 Å². The van der Waals surface area contributed by atoms with Crippen LogP contribution in [0.1, 0.15) is 20.8 Å². The van der Waals surface area contributed by atoms with Gasteiger partial charge in [-0.15, -0.1) is 5.73 Å². The zero-order chi connectivity index (χ0) is 20.7. The van der Waals surface area contributed by atoms with E-state index in [1.54, 1.807) is 5.20 Å². The van der Waals surface area contributed by atoms with E-state index in [1.165, 1.54) is 0 Å². The van der Waals surface area contributed by atoms with Gasteiger partial charge < -0.3 is 4.12 Å². The van der Waals surface area contributed by atoms with Crippen LogP contribution in [-0.2, 0) is 4.12 Å². The summed E-state index contributed by atoms with van der Waals surface area (Å²) in [6, 6.07) is 0. The van der Waals surface area contributed by atoms with Crippen LogP contribution in [0.4, 0.5) is 0 Å². The topological polar surface area (TPSA) is 9.23 Å². The van der Waals surface area contributed by atoms with Gasteiger partial charge in [0.1, 0.15) is 0 Å². The maximum absolute atomic E-state index is 7.22. The van der Waals surface area contributed by atoms with Gasteiger partial charge in [0.05, 0.1) is 23.3 Å². The summed E-state index contributed by atoms with van der Waals surface area (Å²) in [4.78, 5) is 0. The summed E-state index contributed by atoms with van der Waals surface area (Å²) in [6.07, 6.45) is 0. The lowest BCUT2D eigenvalue weighted by atomic mass is 9.96. The van der Waals surface area contributed by atoms with E-state index in [2.05, 4.69) is 111 Å². The summed E-state index contributed by atoms with van der Waals surface area (Å²) in [5, 5.41) is 1.56. The highest BCUT2D eigenvalue weighted by atomic mass is 29.7. The lowest BCUT2D eigenvalue weighted by molar-refractivity contribution is 0.526. The Kier molecular flexibility index (Phi) is 7.70. The van der Waals surface area contributed by atoms with Gasteiger partial charge in [0.2, 0.25) is 0 Å². The standard InChI is InChI=1S/C19H46OSi5/c1-19(2,3)18(21(4,5)6)16-17-25(23(10,11)12,24(13,14)15)20-22(7,8)9/h17H,1-15H3. The van der Waals surface area contributed by atoms with Crippen LogP contribution in [0.15, 0.2) is 16.6 Å². The lowest BCUT2D eigenvalue weighted by Gasteiger charge is -2.50. The van der Waals surface area contributed by atoms with Crippen LogP contribution in [0.25, 0.3) is 0 Å². The molecule has 0 saturated heterocycles. The molecule has 0 N–H and O–H groups in total. The van der Waals surface area contributed by atoms with Crippen molar-refractivity contribution in [2.75, 3.05) is 0 Å². The molecule has 0 unspecified atom stereocenters. The number of hydrogen-bond acceptors (Lipinski definition) is 1. The average Bonchev–Trinajstić information content (AvgIpc) is 2.18. The molecular formula is C19H46OSi5. The van der Waals surface area contributed by atoms with E-state index >= 15 is 0 Å². The normalized spacial score (nSPS) is 15.0. The zero-order valence-electron chi connectivity index (χ0n) is 20.0. The van der Waals surface area contributed by atoms with E-state index in [4.69, 9.17) is 4.12 Å². The molecule has 0 aliphatic heterocycles. The van der Waals surface area contributed by atoms with Crippen LogP contribution < -0.4 is 0 Å². The van der Waals surface area contributed by atoms with Gasteiger partial charge in [-0.1, -0.05) is 79.7 Å². The van der Waals surface area contributed by atoms with E-state index in [9.17, 15) is 0 Å². The Bertz CT molecular complexity index is 495. The van der Waals surface area contributed by atoms with Crippen molar-refractivity contribution < 1.29 is 4.12 Å². The molecule has 0 bridgehead atoms. The lowest BCUT2D eigenvalue weighted by Crippen LogP contribution is -2.74. The molecule has 0 fully saturated rings. The first-order valence-electron chi connectivity index (χ1n) is 9.74. The third-order valence-electron chi connectivity index (χ3n) is 4.62. The first kappa shape index (κ1) is 25.6. The second-order valence-electron chi connectivity index (χ2n) is 12.6. The molecule has 6 heteroatoms. The molecule has 0 atom stereocenters. The summed E-state index contributed by atoms with van der Waals surface area (Å²) in [6.45, 7) is 36.8. The number of hydrogen-bond donors (Lipinski definition) is 0. The Balaban J connectivity index is 6.88. The minimum absolute atomic E-state index is 0.194. The highest BCUT2D eigenvalue weighted by Crippen LogP contribution is 2.36. The zero-order valence-corrected chi connectivity index (χ0v) is 25.0. The predicted octanol–water partition coefficient (Wildman–Crippen LogP) is 7.16. The van der Waals surface area contributed by atoms with Gasteiger partial charge in [0.15, 0.2) is 15.7 Å². The Morgan fingerprint density at radius 2 is 1.08 bits per heavy atom. The molecule has 0 aliphatic carbocycles. The van der Waals surface area contributed by atoms with E-state index in [0.29, 0.717) is 0 Å². The van der Waals surface area contributed by atoms with E-state index in [0.717, 1.165) is 0 Å². The van der Waals surface area contributed by atoms with Crippen LogP contribution in [0, 0.1) is 5.41 Å². The highest BCUT2D eigenvalue weighted by Gasteiger charge is 2.56. The van der Waals surface area contributed by atoms with E-state index < -0.39 is 38.9 Å². The Morgan fingerprint density at radius 1 is 0.720 bits per heavy atom. The second-order valence-corrected chi connectivity index (χ2v) is 48.4. The van der Waals surface area contributed by atoms with Crippen molar-refractivity contribution in [2.45, 2.75) is 99.3 Å². The molecule has 0 amide bonds. The molecule has 0 heterocycles. The Labute approximate surface area is 164 Å². The molecule has 0 radical (unpaired) electrons. The van der Waals surface area contributed by atoms with Crippen molar-refractivity contribution in [1.82, 2.24) is 0 Å². The molecule has 0 spiro atoms. The summed E-state index contributed by atoms with van der Waals surface area (Å²) in [5.74, 6) is 0. The second kappa shape index (κ2) is 7.53. The fraction of sp³-hybridized carbons (Fsp3) is 0.842. The molecule has 0 aromatic carbocycles. The first-order valence-corrected chi connectivity index (χ1v) is 27.6. The van der Waals surface area contributed by atoms with Crippen LogP contribution in [0.2, 0.25) is 78.6 Å². The van der Waals surface area contributed by atoms with Crippen LogP contribution in [0.3, 0.4) is 0 Å². The highest BCUT2D eigenvalue weighted by molar-refractivity contribution is 7.69. The number of allylic oxidation sites excluding steroid dienone is 1. The van der Waals surface area contributed by atoms with Gasteiger partial charge in [-0.2, -0.15) is 0 Å². The van der Waals surface area contributed by atoms with Gasteiger partial charge in [-0.05, 0) is 36.0 Å². The summed E-state index contributed by atoms with van der Waals surface area (Å²) in [7, 11) is -7.92. The van der Waals surface area contributed by atoms with Gasteiger partial charge in [-0.25, -0.2) is 0 Å². The van der Waals surface area contributed by atoms with Gasteiger partial charge in [0, 0.05) is 0 Å². The van der Waals surface area contributed by atoms with Crippen LogP contribution >= 0.6 is 0 Å². The summed E-state index contributed by atoms with van der Waals surface area (Å²) in [5.41, 5.74) is 6.72. The third kappa shape index (κ3) is 6.90. The quantitative estimate of drug-likeness (QED) is 0.321. The summed E-state index contributed by atoms with van der Waals surface area (Å²) >= 11 is 0. The molecule has 0 saturated carbocycles. The largest absolute Gasteiger partial charge is 0.456 e. The van der Waals surface area contributed by atoms with Crippen molar-refractivity contribution in [2.24, 2.45) is 5.41 Å². The molecular weight excluding hydrogens is 385 g/mol. The minimum atomic E-state index is -1.95. The van der Waals surface area contributed by atoms with Gasteiger partial charge >= 0.3 is 0 Å². The molecule has 0 aliphatic rings. The van der Waals surface area contributed by atoms with Gasteiger partial charge in [-0.3, -0.25) is 0 Å². The van der Waals surface area contributed by atoms with Crippen molar-refractivity contribution in [3.05, 3.63) is 16.6 Å². The maximum atomic E-state index is 7.22. The molecule has 0 rings (SSSR count). The molecule has 0 aromatic heterocycles. The monoisotopic (exact) mass is 430 g/mol. The smallest absolute Gasteiger partial charge is 0.184 e. The van der Waals surface area contributed by atoms with Crippen LogP contribution in [0.5, 0.6) is 0 Å². The molecule has 1 nitrogen and oxygen atoms in total. The van der Waals surface area contributed by atoms with Crippen molar-refractivity contribution in [1.29, 1.82) is 0 Å². The average molecular weight is 431 g/mol. The predicted molar refractivity (Wildman–Crippen MR) is 131 cm³/mol. The molecule has 25 heavy (non-hydrogen) atoms. The van der Waals surface area contributed by atoms with Crippen molar-refractivity contribution in [3.63, 3.8) is 0 Å². The Hall–Kier alpha value is 0.564.